The molecule has 1 amide bonds. The number of rotatable bonds is 7. The van der Waals surface area contributed by atoms with E-state index in [9.17, 15) is 18.0 Å². The Morgan fingerprint density at radius 1 is 1.03 bits per heavy atom. The molecular weight excluding hydrogens is 383 g/mol. The minimum Gasteiger partial charge on any atom is -0.364 e. The first-order valence-corrected chi connectivity index (χ1v) is 8.68. The topological polar surface area (TPSA) is 107 Å². The molecule has 0 aliphatic heterocycles. The Kier molecular flexibility index (Phi) is 6.20. The van der Waals surface area contributed by atoms with Crippen LogP contribution in [-0.4, -0.2) is 15.9 Å². The molecule has 1 heterocycles. The normalized spacial score (nSPS) is 10.9. The number of primary amides is 1. The van der Waals surface area contributed by atoms with E-state index in [-0.39, 0.29) is 24.3 Å². The molecule has 0 saturated carbocycles. The number of benzene rings is 2. The Morgan fingerprint density at radius 2 is 1.72 bits per heavy atom. The Morgan fingerprint density at radius 3 is 2.38 bits per heavy atom. The third-order valence-electron chi connectivity index (χ3n) is 4.20. The van der Waals surface area contributed by atoms with Crippen LogP contribution in [0.3, 0.4) is 0 Å². The average molecular weight is 401 g/mol. The highest BCUT2D eigenvalue weighted by Gasteiger charge is 2.13. The molecule has 29 heavy (non-hydrogen) atoms. The monoisotopic (exact) mass is 401 g/mol. The second kappa shape index (κ2) is 8.80. The van der Waals surface area contributed by atoms with Gasteiger partial charge in [0.05, 0.1) is 17.6 Å². The van der Waals surface area contributed by atoms with Crippen molar-refractivity contribution >= 4 is 5.91 Å². The van der Waals surface area contributed by atoms with E-state index >= 15 is 0 Å². The van der Waals surface area contributed by atoms with E-state index in [4.69, 9.17) is 11.5 Å². The Hall–Kier alpha value is -3.30. The molecule has 6 nitrogen and oxygen atoms in total. The third-order valence-corrected chi connectivity index (χ3v) is 4.20. The molecule has 3 rings (SSSR count). The molecule has 2 aromatic carbocycles. The highest BCUT2D eigenvalue weighted by Crippen LogP contribution is 2.19. The van der Waals surface area contributed by atoms with Crippen LogP contribution in [0.1, 0.15) is 27.3 Å². The number of nitrogens with zero attached hydrogens (tertiary/aromatic N) is 2. The molecule has 0 unspecified atom stereocenters. The van der Waals surface area contributed by atoms with Crippen LogP contribution in [0.25, 0.3) is 11.3 Å². The van der Waals surface area contributed by atoms with Crippen molar-refractivity contribution in [3.05, 3.63) is 82.6 Å². The van der Waals surface area contributed by atoms with Gasteiger partial charge in [0.2, 0.25) is 0 Å². The fourth-order valence-electron chi connectivity index (χ4n) is 2.80. The Balaban J connectivity index is 1.73. The van der Waals surface area contributed by atoms with Crippen molar-refractivity contribution < 1.29 is 18.0 Å². The van der Waals surface area contributed by atoms with Crippen LogP contribution < -0.4 is 16.8 Å². The van der Waals surface area contributed by atoms with E-state index in [0.717, 1.165) is 17.7 Å². The van der Waals surface area contributed by atoms with Gasteiger partial charge in [0.15, 0.2) is 23.1 Å². The summed E-state index contributed by atoms with van der Waals surface area (Å²) in [5.41, 5.74) is 13.5. The number of aromatic nitrogens is 2. The van der Waals surface area contributed by atoms with Gasteiger partial charge in [-0.3, -0.25) is 9.78 Å². The molecule has 0 atom stereocenters. The lowest BCUT2D eigenvalue weighted by molar-refractivity contribution is 0.0994. The largest absolute Gasteiger partial charge is 0.364 e. The van der Waals surface area contributed by atoms with Crippen molar-refractivity contribution in [2.45, 2.75) is 19.6 Å². The van der Waals surface area contributed by atoms with E-state index in [1.54, 1.807) is 12.1 Å². The van der Waals surface area contributed by atoms with Crippen LogP contribution in [0.4, 0.5) is 13.2 Å². The van der Waals surface area contributed by atoms with Crippen molar-refractivity contribution in [2.24, 2.45) is 11.5 Å². The highest BCUT2D eigenvalue weighted by molar-refractivity contribution is 5.92. The van der Waals surface area contributed by atoms with Gasteiger partial charge in [-0.05, 0) is 29.3 Å². The highest BCUT2D eigenvalue weighted by atomic mass is 19.2. The summed E-state index contributed by atoms with van der Waals surface area (Å²) in [4.78, 5) is 20.0. The van der Waals surface area contributed by atoms with E-state index < -0.39 is 23.4 Å². The maximum absolute atomic E-state index is 13.3. The molecule has 0 aliphatic carbocycles. The lowest BCUT2D eigenvalue weighted by Gasteiger charge is -2.09. The zero-order valence-electron chi connectivity index (χ0n) is 15.3. The molecule has 0 bridgehead atoms. The minimum absolute atomic E-state index is 0.0221. The summed E-state index contributed by atoms with van der Waals surface area (Å²) in [5.74, 6) is -4.66. The van der Waals surface area contributed by atoms with E-state index in [0.29, 0.717) is 23.5 Å². The van der Waals surface area contributed by atoms with Crippen LogP contribution >= 0.6 is 0 Å². The number of nitrogens with one attached hydrogen (secondary N) is 1. The van der Waals surface area contributed by atoms with E-state index in [1.807, 2.05) is 12.1 Å². The number of carbonyl (C=O) groups is 1. The molecule has 0 spiro atoms. The molecule has 0 radical (unpaired) electrons. The second-order valence-electron chi connectivity index (χ2n) is 6.30. The van der Waals surface area contributed by atoms with Crippen LogP contribution in [-0.2, 0) is 19.6 Å². The summed E-state index contributed by atoms with van der Waals surface area (Å²) >= 11 is 0. The summed E-state index contributed by atoms with van der Waals surface area (Å²) in [7, 11) is 0. The van der Waals surface area contributed by atoms with Crippen molar-refractivity contribution in [3.8, 4) is 11.3 Å². The number of amides is 1. The van der Waals surface area contributed by atoms with Crippen molar-refractivity contribution in [3.63, 3.8) is 0 Å². The maximum Gasteiger partial charge on any atom is 0.269 e. The maximum atomic E-state index is 13.3. The second-order valence-corrected chi connectivity index (χ2v) is 6.30. The number of carbonyl (C=O) groups excluding carboxylic acids is 1. The van der Waals surface area contributed by atoms with Crippen molar-refractivity contribution in [1.29, 1.82) is 0 Å². The van der Waals surface area contributed by atoms with Crippen LogP contribution in [0.15, 0.2) is 42.6 Å². The molecular formula is C20H18F3N5O. The number of hydrogen-bond donors (Lipinski definition) is 3. The fourth-order valence-corrected chi connectivity index (χ4v) is 2.80. The fraction of sp³-hybridized carbons (Fsp3) is 0.150. The van der Waals surface area contributed by atoms with Gasteiger partial charge < -0.3 is 16.8 Å². The quantitative estimate of drug-likeness (QED) is 0.527. The number of hydrogen-bond acceptors (Lipinski definition) is 5. The number of halogens is 3. The molecule has 5 N–H and O–H groups in total. The van der Waals surface area contributed by atoms with Gasteiger partial charge in [-0.25, -0.2) is 18.2 Å². The van der Waals surface area contributed by atoms with E-state index in [1.165, 1.54) is 6.20 Å². The Bertz CT molecular complexity index is 1040. The molecule has 0 fully saturated rings. The van der Waals surface area contributed by atoms with Crippen molar-refractivity contribution in [2.75, 3.05) is 0 Å². The van der Waals surface area contributed by atoms with Gasteiger partial charge in [-0.15, -0.1) is 0 Å². The summed E-state index contributed by atoms with van der Waals surface area (Å²) in [6.07, 6.45) is 1.51. The zero-order chi connectivity index (χ0) is 21.0. The summed E-state index contributed by atoms with van der Waals surface area (Å²) in [6, 6.07) is 9.16. The standard InChI is InChI=1S/C20H18F3N5O/c21-14-5-12(6-15(22)18(14)23)9-26-8-11-2-1-3-13(4-11)17-10-27-16(7-24)19(28-17)20(25)29/h1-6,10,26H,7-9,24H2,(H2,25,29). The van der Waals surface area contributed by atoms with E-state index in [2.05, 4.69) is 15.3 Å². The summed E-state index contributed by atoms with van der Waals surface area (Å²) in [5, 5.41) is 3.04. The van der Waals surface area contributed by atoms with Crippen LogP contribution in [0.2, 0.25) is 0 Å². The van der Waals surface area contributed by atoms with Gasteiger partial charge in [0, 0.05) is 25.2 Å². The number of nitrogens with two attached hydrogens (primary N) is 2. The smallest absolute Gasteiger partial charge is 0.269 e. The molecule has 150 valence electrons. The predicted molar refractivity (Wildman–Crippen MR) is 101 cm³/mol. The zero-order valence-corrected chi connectivity index (χ0v) is 15.3. The predicted octanol–water partition coefficient (Wildman–Crippen LogP) is 2.41. The van der Waals surface area contributed by atoms with Gasteiger partial charge in [0.25, 0.3) is 5.91 Å². The van der Waals surface area contributed by atoms with Crippen molar-refractivity contribution in [1.82, 2.24) is 15.3 Å². The lowest BCUT2D eigenvalue weighted by atomic mass is 10.1. The van der Waals surface area contributed by atoms with Gasteiger partial charge >= 0.3 is 0 Å². The molecule has 1 aromatic heterocycles. The van der Waals surface area contributed by atoms with Gasteiger partial charge in [-0.2, -0.15) is 0 Å². The SMILES string of the molecule is NCc1ncc(-c2cccc(CNCc3cc(F)c(F)c(F)c3)c2)nc1C(N)=O. The summed E-state index contributed by atoms with van der Waals surface area (Å²) in [6.45, 7) is 0.570. The average Bonchev–Trinajstić information content (AvgIpc) is 2.71. The molecule has 3 aromatic rings. The Labute approximate surface area is 164 Å². The van der Waals surface area contributed by atoms with Gasteiger partial charge in [0.1, 0.15) is 0 Å². The molecule has 0 aliphatic rings. The summed E-state index contributed by atoms with van der Waals surface area (Å²) < 4.78 is 39.6. The first-order valence-electron chi connectivity index (χ1n) is 8.68. The molecule has 9 heteroatoms. The third kappa shape index (κ3) is 4.76. The lowest BCUT2D eigenvalue weighted by Crippen LogP contribution is -2.19. The van der Waals surface area contributed by atoms with Crippen LogP contribution in [0, 0.1) is 17.5 Å². The minimum atomic E-state index is -1.49. The van der Waals surface area contributed by atoms with Crippen LogP contribution in [0.5, 0.6) is 0 Å². The molecule has 0 saturated heterocycles. The first-order chi connectivity index (χ1) is 13.9. The van der Waals surface area contributed by atoms with Gasteiger partial charge in [-0.1, -0.05) is 18.2 Å². The first kappa shape index (κ1) is 20.4.